The van der Waals surface area contributed by atoms with Gasteiger partial charge in [-0.05, 0) is 31.0 Å². The number of ether oxygens (including phenoxy) is 1. The van der Waals surface area contributed by atoms with Gasteiger partial charge >= 0.3 is 0 Å². The van der Waals surface area contributed by atoms with E-state index in [0.717, 1.165) is 0 Å². The Balaban J connectivity index is 1.75. The third-order valence-electron chi connectivity index (χ3n) is 5.58. The van der Waals surface area contributed by atoms with Crippen LogP contribution < -0.4 is 5.73 Å². The first kappa shape index (κ1) is 19.2. The molecule has 26 heavy (non-hydrogen) atoms. The molecule has 0 amide bonds. The first-order valence-electron chi connectivity index (χ1n) is 9.00. The van der Waals surface area contributed by atoms with Gasteiger partial charge in [0.15, 0.2) is 19.8 Å². The molecule has 3 heterocycles. The molecule has 3 rings (SSSR count). The summed E-state index contributed by atoms with van der Waals surface area (Å²) >= 11 is 0. The van der Waals surface area contributed by atoms with Gasteiger partial charge in [0, 0.05) is 0 Å². The van der Waals surface area contributed by atoms with Gasteiger partial charge in [-0.2, -0.15) is 0 Å². The fourth-order valence-electron chi connectivity index (χ4n) is 2.80. The molecule has 0 aromatic carbocycles. The van der Waals surface area contributed by atoms with Crippen LogP contribution in [0.15, 0.2) is 12.7 Å². The van der Waals surface area contributed by atoms with Crippen molar-refractivity contribution < 1.29 is 14.3 Å². The fourth-order valence-corrected chi connectivity index (χ4v) is 3.82. The zero-order valence-electron chi connectivity index (χ0n) is 16.1. The van der Waals surface area contributed by atoms with Gasteiger partial charge < -0.3 is 20.0 Å². The molecule has 0 bridgehead atoms. The maximum atomic E-state index is 10.4. The van der Waals surface area contributed by atoms with Crippen molar-refractivity contribution in [1.82, 2.24) is 19.5 Å². The molecule has 1 fully saturated rings. The molecule has 0 radical (unpaired) electrons. The topological polar surface area (TPSA) is 108 Å². The van der Waals surface area contributed by atoms with E-state index in [2.05, 4.69) is 48.8 Å². The molecular weight excluding hydrogens is 350 g/mol. The second kappa shape index (κ2) is 6.88. The Hall–Kier alpha value is -1.55. The number of nitrogens with two attached hydrogens (primary N) is 1. The van der Waals surface area contributed by atoms with Crippen LogP contribution in [0.25, 0.3) is 11.2 Å². The van der Waals surface area contributed by atoms with E-state index in [0.29, 0.717) is 36.4 Å². The maximum Gasteiger partial charge on any atom is 0.192 e. The van der Waals surface area contributed by atoms with Gasteiger partial charge in [0.05, 0.1) is 19.0 Å². The van der Waals surface area contributed by atoms with E-state index in [4.69, 9.17) is 14.9 Å². The summed E-state index contributed by atoms with van der Waals surface area (Å²) in [6.07, 6.45) is 3.23. The minimum Gasteiger partial charge on any atom is -0.414 e. The summed E-state index contributed by atoms with van der Waals surface area (Å²) in [5.74, 6) is 0.349. The number of aliphatic hydroxyl groups is 1. The number of aliphatic hydroxyl groups excluding tert-OH is 1. The smallest absolute Gasteiger partial charge is 0.192 e. The highest BCUT2D eigenvalue weighted by Gasteiger charge is 2.39. The molecule has 3 atom stereocenters. The van der Waals surface area contributed by atoms with Gasteiger partial charge in [0.2, 0.25) is 0 Å². The molecule has 0 saturated carbocycles. The molecule has 0 unspecified atom stereocenters. The van der Waals surface area contributed by atoms with Crippen LogP contribution >= 0.6 is 0 Å². The zero-order valence-corrected chi connectivity index (χ0v) is 17.1. The standard InChI is InChI=1S/C17H29N5O3Si/c1-17(2,3)26(4,5)24-8-12-11(23)6-7-13(25-12)22-10-21-14-15(18)19-9-20-16(14)22/h9-13,23H,6-8H2,1-5H3,(H2,18,19,20)/t11-,12+,13+/m1/s1. The Morgan fingerprint density at radius 3 is 2.73 bits per heavy atom. The molecule has 1 aliphatic rings. The SMILES string of the molecule is CC(C)(C)[Si](C)(C)OC[C@@H]1O[C@H](n2cnc3c(N)ncnc32)CC[C@H]1O. The summed E-state index contributed by atoms with van der Waals surface area (Å²) in [5, 5.41) is 10.5. The van der Waals surface area contributed by atoms with Gasteiger partial charge in [-0.3, -0.25) is 4.57 Å². The third kappa shape index (κ3) is 3.61. The van der Waals surface area contributed by atoms with E-state index in [-0.39, 0.29) is 17.4 Å². The molecule has 1 aliphatic heterocycles. The molecule has 144 valence electrons. The van der Waals surface area contributed by atoms with Crippen molar-refractivity contribution in [3.05, 3.63) is 12.7 Å². The summed E-state index contributed by atoms with van der Waals surface area (Å²) < 4.78 is 14.3. The molecule has 0 spiro atoms. The second-order valence-corrected chi connectivity index (χ2v) is 13.2. The number of hydrogen-bond acceptors (Lipinski definition) is 7. The van der Waals surface area contributed by atoms with Gasteiger partial charge in [0.1, 0.15) is 24.2 Å². The van der Waals surface area contributed by atoms with Crippen LogP contribution in [0, 0.1) is 0 Å². The highest BCUT2D eigenvalue weighted by molar-refractivity contribution is 6.74. The number of nitrogens with zero attached hydrogens (tertiary/aromatic N) is 4. The Morgan fingerprint density at radius 2 is 2.04 bits per heavy atom. The van der Waals surface area contributed by atoms with Crippen molar-refractivity contribution in [2.24, 2.45) is 0 Å². The highest BCUT2D eigenvalue weighted by Crippen LogP contribution is 2.37. The third-order valence-corrected chi connectivity index (χ3v) is 10.1. The lowest BCUT2D eigenvalue weighted by Gasteiger charge is -2.40. The predicted octanol–water partition coefficient (Wildman–Crippen LogP) is 2.47. The molecule has 8 nitrogen and oxygen atoms in total. The van der Waals surface area contributed by atoms with E-state index < -0.39 is 14.4 Å². The van der Waals surface area contributed by atoms with Crippen molar-refractivity contribution in [2.75, 3.05) is 12.3 Å². The fraction of sp³-hybridized carbons (Fsp3) is 0.706. The lowest BCUT2D eigenvalue weighted by molar-refractivity contribution is -0.156. The number of aromatic nitrogens is 4. The molecule has 9 heteroatoms. The first-order valence-corrected chi connectivity index (χ1v) is 11.9. The maximum absolute atomic E-state index is 10.4. The van der Waals surface area contributed by atoms with Crippen LogP contribution in [0.4, 0.5) is 5.82 Å². The number of anilines is 1. The molecule has 1 saturated heterocycles. The van der Waals surface area contributed by atoms with E-state index in [1.54, 1.807) is 6.33 Å². The number of nitrogen functional groups attached to an aromatic ring is 1. The van der Waals surface area contributed by atoms with Crippen molar-refractivity contribution in [3.63, 3.8) is 0 Å². The lowest BCUT2D eigenvalue weighted by Crippen LogP contribution is -2.47. The summed E-state index contributed by atoms with van der Waals surface area (Å²) in [4.78, 5) is 12.5. The summed E-state index contributed by atoms with van der Waals surface area (Å²) in [5.41, 5.74) is 7.07. The van der Waals surface area contributed by atoms with Crippen molar-refractivity contribution >= 4 is 25.3 Å². The Morgan fingerprint density at radius 1 is 1.31 bits per heavy atom. The highest BCUT2D eigenvalue weighted by atomic mass is 28.4. The van der Waals surface area contributed by atoms with Crippen LogP contribution in [0.5, 0.6) is 0 Å². The zero-order chi connectivity index (χ0) is 19.1. The van der Waals surface area contributed by atoms with E-state index >= 15 is 0 Å². The monoisotopic (exact) mass is 379 g/mol. The average Bonchev–Trinajstić information content (AvgIpc) is 2.98. The molecule has 3 N–H and O–H groups in total. The van der Waals surface area contributed by atoms with Crippen molar-refractivity contribution in [1.29, 1.82) is 0 Å². The lowest BCUT2D eigenvalue weighted by atomic mass is 10.0. The van der Waals surface area contributed by atoms with E-state index in [1.165, 1.54) is 6.33 Å². The summed E-state index contributed by atoms with van der Waals surface area (Å²) in [6.45, 7) is 11.4. The van der Waals surface area contributed by atoms with Crippen LogP contribution in [-0.2, 0) is 9.16 Å². The molecule has 0 aliphatic carbocycles. The summed E-state index contributed by atoms with van der Waals surface area (Å²) in [7, 11) is -1.91. The number of hydrogen-bond donors (Lipinski definition) is 2. The van der Waals surface area contributed by atoms with Crippen LogP contribution in [-0.4, -0.2) is 51.8 Å². The predicted molar refractivity (Wildman–Crippen MR) is 102 cm³/mol. The van der Waals surface area contributed by atoms with Crippen LogP contribution in [0.3, 0.4) is 0 Å². The quantitative estimate of drug-likeness (QED) is 0.786. The van der Waals surface area contributed by atoms with Crippen LogP contribution in [0.1, 0.15) is 39.8 Å². The largest absolute Gasteiger partial charge is 0.414 e. The number of fused-ring (bicyclic) bond motifs is 1. The average molecular weight is 380 g/mol. The van der Waals surface area contributed by atoms with Crippen molar-refractivity contribution in [2.45, 2.75) is 70.2 Å². The van der Waals surface area contributed by atoms with E-state index in [1.807, 2.05) is 4.57 Å². The second-order valence-electron chi connectivity index (χ2n) is 8.43. The van der Waals surface area contributed by atoms with Gasteiger partial charge in [-0.15, -0.1) is 0 Å². The number of rotatable bonds is 4. The molecule has 2 aromatic rings. The summed E-state index contributed by atoms with van der Waals surface area (Å²) in [6, 6.07) is 0. The Bertz CT molecular complexity index is 773. The minimum atomic E-state index is -1.91. The Labute approximate surface area is 154 Å². The van der Waals surface area contributed by atoms with Crippen LogP contribution in [0.2, 0.25) is 18.1 Å². The van der Waals surface area contributed by atoms with Gasteiger partial charge in [-0.1, -0.05) is 20.8 Å². The van der Waals surface area contributed by atoms with Crippen molar-refractivity contribution in [3.8, 4) is 0 Å². The van der Waals surface area contributed by atoms with Gasteiger partial charge in [-0.25, -0.2) is 15.0 Å². The number of imidazole rings is 1. The first-order chi connectivity index (χ1) is 12.1. The minimum absolute atomic E-state index is 0.112. The van der Waals surface area contributed by atoms with E-state index in [9.17, 15) is 5.11 Å². The van der Waals surface area contributed by atoms with Gasteiger partial charge in [0.25, 0.3) is 0 Å². The normalized spacial score (nSPS) is 24.9. The molecular formula is C17H29N5O3Si. The molecule has 2 aromatic heterocycles. The Kier molecular flexibility index (Phi) is 5.08.